The van der Waals surface area contributed by atoms with Crippen LogP contribution < -0.4 is 11.1 Å². The predicted molar refractivity (Wildman–Crippen MR) is 73.2 cm³/mol. The molecule has 0 aromatic heterocycles. The van der Waals surface area contributed by atoms with Crippen LogP contribution in [0.1, 0.15) is 31.2 Å². The fraction of sp³-hybridized carbons (Fsp3) is 0.500. The highest BCUT2D eigenvalue weighted by molar-refractivity contribution is 5.78. The summed E-state index contributed by atoms with van der Waals surface area (Å²) in [5, 5.41) is 12.7. The average Bonchev–Trinajstić information content (AvgIpc) is 2.87. The number of hydrogen-bond acceptors (Lipinski definition) is 2. The van der Waals surface area contributed by atoms with Crippen LogP contribution in [0.4, 0.5) is 0 Å². The predicted octanol–water partition coefficient (Wildman–Crippen LogP) is 1.40. The molecule has 0 bridgehead atoms. The van der Waals surface area contributed by atoms with Crippen molar-refractivity contribution >= 4 is 5.96 Å². The quantitative estimate of drug-likeness (QED) is 0.556. The number of benzene rings is 1. The topological polar surface area (TPSA) is 70.6 Å². The number of aliphatic hydroxyl groups excluding tert-OH is 1. The summed E-state index contributed by atoms with van der Waals surface area (Å²) in [7, 11) is 0. The first kappa shape index (κ1) is 12.9. The third-order valence-electron chi connectivity index (χ3n) is 3.53. The van der Waals surface area contributed by atoms with Crippen molar-refractivity contribution < 1.29 is 5.11 Å². The van der Waals surface area contributed by atoms with Gasteiger partial charge in [-0.1, -0.05) is 43.2 Å². The second-order valence-corrected chi connectivity index (χ2v) is 4.96. The first-order valence-corrected chi connectivity index (χ1v) is 6.47. The van der Waals surface area contributed by atoms with Gasteiger partial charge in [-0.3, -0.25) is 0 Å². The van der Waals surface area contributed by atoms with Gasteiger partial charge < -0.3 is 16.2 Å². The number of aliphatic imine (C=N–C) groups is 1. The van der Waals surface area contributed by atoms with Crippen LogP contribution in [0.15, 0.2) is 35.3 Å². The SMILES string of the molecule is NC(=NCc1ccccc1)NC1(CO)CCCC1. The molecule has 4 nitrogen and oxygen atoms in total. The zero-order valence-corrected chi connectivity index (χ0v) is 10.6. The molecule has 18 heavy (non-hydrogen) atoms. The van der Waals surface area contributed by atoms with Crippen molar-refractivity contribution in [2.45, 2.75) is 37.8 Å². The van der Waals surface area contributed by atoms with Crippen molar-refractivity contribution in [2.24, 2.45) is 10.7 Å². The smallest absolute Gasteiger partial charge is 0.189 e. The Bertz CT molecular complexity index is 397. The van der Waals surface area contributed by atoms with Crippen LogP contribution in [-0.4, -0.2) is 23.2 Å². The van der Waals surface area contributed by atoms with Gasteiger partial charge in [-0.15, -0.1) is 0 Å². The van der Waals surface area contributed by atoms with E-state index in [1.54, 1.807) is 0 Å². The summed E-state index contributed by atoms with van der Waals surface area (Å²) in [5.74, 6) is 0.426. The molecule has 0 radical (unpaired) electrons. The van der Waals surface area contributed by atoms with Crippen LogP contribution >= 0.6 is 0 Å². The van der Waals surface area contributed by atoms with Gasteiger partial charge in [0.05, 0.1) is 18.7 Å². The molecule has 4 N–H and O–H groups in total. The number of nitrogens with two attached hydrogens (primary N) is 1. The van der Waals surface area contributed by atoms with E-state index in [9.17, 15) is 5.11 Å². The molecule has 4 heteroatoms. The molecule has 0 unspecified atom stereocenters. The van der Waals surface area contributed by atoms with Crippen LogP contribution in [0.2, 0.25) is 0 Å². The Morgan fingerprint density at radius 3 is 2.56 bits per heavy atom. The van der Waals surface area contributed by atoms with Crippen LogP contribution in [0.5, 0.6) is 0 Å². The van der Waals surface area contributed by atoms with Crippen LogP contribution in [0, 0.1) is 0 Å². The van der Waals surface area contributed by atoms with E-state index < -0.39 is 0 Å². The Hall–Kier alpha value is -1.55. The van der Waals surface area contributed by atoms with E-state index in [4.69, 9.17) is 5.73 Å². The molecule has 2 rings (SSSR count). The number of aliphatic hydroxyl groups is 1. The molecular weight excluding hydrogens is 226 g/mol. The maximum atomic E-state index is 9.48. The van der Waals surface area contributed by atoms with Crippen molar-refractivity contribution in [1.82, 2.24) is 5.32 Å². The van der Waals surface area contributed by atoms with Crippen molar-refractivity contribution in [1.29, 1.82) is 0 Å². The van der Waals surface area contributed by atoms with E-state index in [-0.39, 0.29) is 12.1 Å². The lowest BCUT2D eigenvalue weighted by atomic mass is 9.99. The number of hydrogen-bond donors (Lipinski definition) is 3. The molecule has 1 aromatic carbocycles. The summed E-state index contributed by atoms with van der Waals surface area (Å²) in [6.07, 6.45) is 4.20. The Labute approximate surface area is 108 Å². The first-order valence-electron chi connectivity index (χ1n) is 6.47. The lowest BCUT2D eigenvalue weighted by molar-refractivity contribution is 0.182. The van der Waals surface area contributed by atoms with E-state index >= 15 is 0 Å². The van der Waals surface area contributed by atoms with E-state index in [2.05, 4.69) is 10.3 Å². The fourth-order valence-corrected chi connectivity index (χ4v) is 2.45. The molecule has 0 aliphatic heterocycles. The highest BCUT2D eigenvalue weighted by atomic mass is 16.3. The molecule has 0 saturated heterocycles. The van der Waals surface area contributed by atoms with Gasteiger partial charge in [0.15, 0.2) is 5.96 Å². The maximum Gasteiger partial charge on any atom is 0.189 e. The second-order valence-electron chi connectivity index (χ2n) is 4.96. The normalized spacial score (nSPS) is 18.8. The van der Waals surface area contributed by atoms with Crippen molar-refractivity contribution in [3.8, 4) is 0 Å². The number of rotatable bonds is 4. The van der Waals surface area contributed by atoms with Crippen LogP contribution in [0.3, 0.4) is 0 Å². The van der Waals surface area contributed by atoms with Gasteiger partial charge in [0, 0.05) is 0 Å². The summed E-state index contributed by atoms with van der Waals surface area (Å²) in [4.78, 5) is 4.32. The summed E-state index contributed by atoms with van der Waals surface area (Å²) < 4.78 is 0. The number of nitrogens with one attached hydrogen (secondary N) is 1. The molecule has 0 spiro atoms. The highest BCUT2D eigenvalue weighted by Crippen LogP contribution is 2.28. The largest absolute Gasteiger partial charge is 0.394 e. The molecule has 1 fully saturated rings. The van der Waals surface area contributed by atoms with Crippen molar-refractivity contribution in [3.63, 3.8) is 0 Å². The minimum Gasteiger partial charge on any atom is -0.394 e. The van der Waals surface area contributed by atoms with Crippen LogP contribution in [0.25, 0.3) is 0 Å². The van der Waals surface area contributed by atoms with Crippen LogP contribution in [-0.2, 0) is 6.54 Å². The molecule has 98 valence electrons. The lowest BCUT2D eigenvalue weighted by Gasteiger charge is -2.28. The summed E-state index contributed by atoms with van der Waals surface area (Å²) in [6.45, 7) is 0.690. The summed E-state index contributed by atoms with van der Waals surface area (Å²) >= 11 is 0. The van der Waals surface area contributed by atoms with E-state index in [0.29, 0.717) is 12.5 Å². The average molecular weight is 247 g/mol. The summed E-state index contributed by atoms with van der Waals surface area (Å²) in [5.41, 5.74) is 6.78. The lowest BCUT2D eigenvalue weighted by Crippen LogP contribution is -2.52. The second kappa shape index (κ2) is 5.87. The molecule has 1 saturated carbocycles. The van der Waals surface area contributed by atoms with Crippen molar-refractivity contribution in [3.05, 3.63) is 35.9 Å². The Kier molecular flexibility index (Phi) is 4.20. The van der Waals surface area contributed by atoms with Gasteiger partial charge in [-0.2, -0.15) is 0 Å². The zero-order valence-electron chi connectivity index (χ0n) is 10.6. The first-order chi connectivity index (χ1) is 8.74. The zero-order chi connectivity index (χ0) is 12.8. The van der Waals surface area contributed by atoms with Crippen molar-refractivity contribution in [2.75, 3.05) is 6.61 Å². The maximum absolute atomic E-state index is 9.48. The van der Waals surface area contributed by atoms with E-state index in [1.165, 1.54) is 0 Å². The Balaban J connectivity index is 1.93. The number of nitrogens with zero attached hydrogens (tertiary/aromatic N) is 1. The Morgan fingerprint density at radius 2 is 1.94 bits per heavy atom. The Morgan fingerprint density at radius 1 is 1.28 bits per heavy atom. The highest BCUT2D eigenvalue weighted by Gasteiger charge is 2.33. The summed E-state index contributed by atoms with van der Waals surface area (Å²) in [6, 6.07) is 10.00. The van der Waals surface area contributed by atoms with Gasteiger partial charge >= 0.3 is 0 Å². The fourth-order valence-electron chi connectivity index (χ4n) is 2.45. The minimum atomic E-state index is -0.246. The molecule has 1 aliphatic rings. The van der Waals surface area contributed by atoms with Gasteiger partial charge in [0.1, 0.15) is 0 Å². The monoisotopic (exact) mass is 247 g/mol. The van der Waals surface area contributed by atoms with E-state index in [1.807, 2.05) is 30.3 Å². The molecule has 0 amide bonds. The van der Waals surface area contributed by atoms with Gasteiger partial charge in [0.25, 0.3) is 0 Å². The van der Waals surface area contributed by atoms with Gasteiger partial charge in [-0.25, -0.2) is 4.99 Å². The third-order valence-corrected chi connectivity index (χ3v) is 3.53. The number of guanidine groups is 1. The molecule has 1 aliphatic carbocycles. The van der Waals surface area contributed by atoms with E-state index in [0.717, 1.165) is 31.2 Å². The molecule has 0 heterocycles. The third kappa shape index (κ3) is 3.23. The minimum absolute atomic E-state index is 0.120. The molecular formula is C14H21N3O. The van der Waals surface area contributed by atoms with Gasteiger partial charge in [0.2, 0.25) is 0 Å². The molecule has 0 atom stereocenters. The standard InChI is InChI=1S/C14H21N3O/c15-13(16-10-12-6-2-1-3-7-12)17-14(11-18)8-4-5-9-14/h1-3,6-7,18H,4-5,8-11H2,(H3,15,16,17). The van der Waals surface area contributed by atoms with Gasteiger partial charge in [-0.05, 0) is 18.4 Å². The molecule has 1 aromatic rings.